The number of halogens is 3. The van der Waals surface area contributed by atoms with Crippen LogP contribution in [0.15, 0.2) is 55.0 Å². The van der Waals surface area contributed by atoms with Crippen LogP contribution in [0.3, 0.4) is 0 Å². The van der Waals surface area contributed by atoms with Crippen molar-refractivity contribution in [1.29, 1.82) is 0 Å². The largest absolute Gasteiger partial charge is 0.493 e. The van der Waals surface area contributed by atoms with Crippen LogP contribution in [-0.2, 0) is 6.54 Å². The van der Waals surface area contributed by atoms with Gasteiger partial charge < -0.3 is 14.4 Å². The predicted octanol–water partition coefficient (Wildman–Crippen LogP) is 4.86. The van der Waals surface area contributed by atoms with Gasteiger partial charge in [0.05, 0.1) is 18.3 Å². The molecule has 0 aliphatic carbocycles. The molecule has 0 spiro atoms. The van der Waals surface area contributed by atoms with E-state index in [0.29, 0.717) is 52.3 Å². The normalized spacial score (nSPS) is 18.6. The summed E-state index contributed by atoms with van der Waals surface area (Å²) in [4.78, 5) is 10.8. The first-order chi connectivity index (χ1) is 17.4. The number of rotatable bonds is 7. The molecule has 0 unspecified atom stereocenters. The van der Waals surface area contributed by atoms with Gasteiger partial charge >= 0.3 is 0 Å². The first-order valence-corrected chi connectivity index (χ1v) is 11.7. The summed E-state index contributed by atoms with van der Waals surface area (Å²) < 4.78 is 53.9. The first-order valence-electron chi connectivity index (χ1n) is 11.7. The maximum atomic E-state index is 14.7. The van der Waals surface area contributed by atoms with Crippen LogP contribution < -0.4 is 9.47 Å². The van der Waals surface area contributed by atoms with E-state index in [-0.39, 0.29) is 0 Å². The summed E-state index contributed by atoms with van der Waals surface area (Å²) in [6.45, 7) is 0.469. The zero-order chi connectivity index (χ0) is 25.2. The Morgan fingerprint density at radius 1 is 1.08 bits per heavy atom. The SMILES string of the molecule is COc1cc2ncnc(-c3cn(CC(F)F)nc3-c3ccccc3)c2cc1O[C@@H]1CCN(C)C[C@H]1F. The molecule has 3 heterocycles. The Bertz CT molecular complexity index is 1350. The molecule has 0 N–H and O–H groups in total. The van der Waals surface area contributed by atoms with Gasteiger partial charge in [-0.05, 0) is 19.5 Å². The number of hydrogen-bond donors (Lipinski definition) is 0. The van der Waals surface area contributed by atoms with Crippen LogP contribution in [0, 0.1) is 0 Å². The van der Waals surface area contributed by atoms with Gasteiger partial charge in [0.15, 0.2) is 11.5 Å². The van der Waals surface area contributed by atoms with Crippen molar-refractivity contribution in [3.8, 4) is 34.0 Å². The molecule has 1 fully saturated rings. The highest BCUT2D eigenvalue weighted by molar-refractivity contribution is 5.97. The molecule has 2 atom stereocenters. The van der Waals surface area contributed by atoms with Crippen molar-refractivity contribution in [3.63, 3.8) is 0 Å². The number of piperidine rings is 1. The predicted molar refractivity (Wildman–Crippen MR) is 130 cm³/mol. The molecule has 2 aromatic carbocycles. The highest BCUT2D eigenvalue weighted by atomic mass is 19.3. The number of hydrogen-bond acceptors (Lipinski definition) is 6. The van der Waals surface area contributed by atoms with E-state index in [4.69, 9.17) is 9.47 Å². The van der Waals surface area contributed by atoms with Crippen LogP contribution in [0.25, 0.3) is 33.4 Å². The first kappa shape index (κ1) is 24.1. The number of nitrogens with zero attached hydrogens (tertiary/aromatic N) is 5. The maximum Gasteiger partial charge on any atom is 0.257 e. The van der Waals surface area contributed by atoms with E-state index in [2.05, 4.69) is 15.1 Å². The molecule has 1 aliphatic rings. The van der Waals surface area contributed by atoms with Crippen molar-refractivity contribution in [2.75, 3.05) is 27.2 Å². The lowest BCUT2D eigenvalue weighted by Gasteiger charge is -2.32. The molecule has 0 amide bonds. The summed E-state index contributed by atoms with van der Waals surface area (Å²) in [6.07, 6.45) is -0.811. The van der Waals surface area contributed by atoms with E-state index in [1.54, 1.807) is 18.3 Å². The second-order valence-electron chi connectivity index (χ2n) is 8.84. The Morgan fingerprint density at radius 2 is 1.89 bits per heavy atom. The van der Waals surface area contributed by atoms with Gasteiger partial charge in [0.1, 0.15) is 30.8 Å². The summed E-state index contributed by atoms with van der Waals surface area (Å²) in [5.74, 6) is 0.800. The summed E-state index contributed by atoms with van der Waals surface area (Å²) in [7, 11) is 3.39. The van der Waals surface area contributed by atoms with E-state index in [1.165, 1.54) is 18.1 Å². The van der Waals surface area contributed by atoms with Gasteiger partial charge in [0.25, 0.3) is 6.43 Å². The molecule has 36 heavy (non-hydrogen) atoms. The monoisotopic (exact) mass is 497 g/mol. The fourth-order valence-corrected chi connectivity index (χ4v) is 4.50. The molecule has 4 aromatic rings. The Balaban J connectivity index is 1.62. The Kier molecular flexibility index (Phi) is 6.77. The van der Waals surface area contributed by atoms with Crippen LogP contribution in [0.4, 0.5) is 13.2 Å². The number of ether oxygens (including phenoxy) is 2. The summed E-state index contributed by atoms with van der Waals surface area (Å²) >= 11 is 0. The molecule has 188 valence electrons. The highest BCUT2D eigenvalue weighted by Crippen LogP contribution is 2.39. The molecule has 1 saturated heterocycles. The van der Waals surface area contributed by atoms with Crippen LogP contribution in [-0.4, -0.2) is 70.6 Å². The van der Waals surface area contributed by atoms with Gasteiger partial charge in [0.2, 0.25) is 0 Å². The van der Waals surface area contributed by atoms with Crippen LogP contribution in [0.1, 0.15) is 6.42 Å². The van der Waals surface area contributed by atoms with Crippen molar-refractivity contribution in [2.24, 2.45) is 0 Å². The van der Waals surface area contributed by atoms with Crippen molar-refractivity contribution in [1.82, 2.24) is 24.6 Å². The molecule has 1 aliphatic heterocycles. The molecule has 2 aromatic heterocycles. The van der Waals surface area contributed by atoms with Crippen molar-refractivity contribution in [3.05, 3.63) is 55.0 Å². The van der Waals surface area contributed by atoms with Gasteiger partial charge in [-0.25, -0.2) is 23.1 Å². The average molecular weight is 498 g/mol. The van der Waals surface area contributed by atoms with Crippen molar-refractivity contribution >= 4 is 10.9 Å². The van der Waals surface area contributed by atoms with Gasteiger partial charge in [0, 0.05) is 41.9 Å². The number of alkyl halides is 3. The van der Waals surface area contributed by atoms with Crippen LogP contribution in [0.5, 0.6) is 11.5 Å². The second kappa shape index (κ2) is 10.1. The molecule has 0 bridgehead atoms. The lowest BCUT2D eigenvalue weighted by atomic mass is 10.0. The highest BCUT2D eigenvalue weighted by Gasteiger charge is 2.30. The Hall–Kier alpha value is -3.66. The minimum absolute atomic E-state index is 0.290. The summed E-state index contributed by atoms with van der Waals surface area (Å²) in [5, 5.41) is 5.05. The third kappa shape index (κ3) is 4.86. The lowest BCUT2D eigenvalue weighted by Crippen LogP contribution is -2.45. The average Bonchev–Trinajstić information content (AvgIpc) is 3.28. The molecule has 0 radical (unpaired) electrons. The summed E-state index contributed by atoms with van der Waals surface area (Å²) in [5.41, 5.74) is 2.95. The van der Waals surface area contributed by atoms with Crippen LogP contribution >= 0.6 is 0 Å². The molecular weight excluding hydrogens is 471 g/mol. The quantitative estimate of drug-likeness (QED) is 0.364. The van der Waals surface area contributed by atoms with E-state index in [0.717, 1.165) is 12.1 Å². The zero-order valence-corrected chi connectivity index (χ0v) is 19.9. The number of benzene rings is 2. The van der Waals surface area contributed by atoms with Gasteiger partial charge in [-0.1, -0.05) is 30.3 Å². The fraction of sp³-hybridized carbons (Fsp3) is 0.346. The summed E-state index contributed by atoms with van der Waals surface area (Å²) in [6, 6.07) is 12.8. The minimum atomic E-state index is -2.56. The fourth-order valence-electron chi connectivity index (χ4n) is 4.50. The van der Waals surface area contributed by atoms with E-state index < -0.39 is 25.2 Å². The maximum absolute atomic E-state index is 14.7. The third-order valence-corrected chi connectivity index (χ3v) is 6.27. The number of aromatic nitrogens is 4. The Labute approximate surface area is 206 Å². The topological polar surface area (TPSA) is 65.3 Å². The molecule has 10 heteroatoms. The van der Waals surface area contributed by atoms with Gasteiger partial charge in [-0.3, -0.25) is 4.68 Å². The van der Waals surface area contributed by atoms with Crippen molar-refractivity contribution < 1.29 is 22.6 Å². The van der Waals surface area contributed by atoms with Crippen LogP contribution in [0.2, 0.25) is 0 Å². The van der Waals surface area contributed by atoms with E-state index >= 15 is 0 Å². The third-order valence-electron chi connectivity index (χ3n) is 6.27. The lowest BCUT2D eigenvalue weighted by molar-refractivity contribution is 0.0299. The molecular formula is C26H26F3N5O2. The Morgan fingerprint density at radius 3 is 2.61 bits per heavy atom. The van der Waals surface area contributed by atoms with Crippen molar-refractivity contribution in [2.45, 2.75) is 31.7 Å². The molecule has 7 nitrogen and oxygen atoms in total. The molecule has 5 rings (SSSR count). The number of methoxy groups -OCH3 is 1. The van der Waals surface area contributed by atoms with Gasteiger partial charge in [-0.15, -0.1) is 0 Å². The van der Waals surface area contributed by atoms with E-state index in [9.17, 15) is 13.2 Å². The number of likely N-dealkylation sites (tertiary alicyclic amines) is 1. The second-order valence-corrected chi connectivity index (χ2v) is 8.84. The minimum Gasteiger partial charge on any atom is -0.493 e. The standard InChI is InChI=1S/C26H26F3N5O2/c1-33-9-8-21(19(27)13-33)36-23-10-17-20(11-22(23)35-2)30-15-31-26(17)18-12-34(14-24(28)29)32-25(18)16-6-4-3-5-7-16/h3-7,10-12,15,19,21,24H,8-9,13-14H2,1-2H3/t19-,21-/m1/s1. The van der Waals surface area contributed by atoms with Gasteiger partial charge in [-0.2, -0.15) is 5.10 Å². The molecule has 0 saturated carbocycles. The zero-order valence-electron chi connectivity index (χ0n) is 19.9. The van der Waals surface area contributed by atoms with E-state index in [1.807, 2.05) is 42.3 Å². The smallest absolute Gasteiger partial charge is 0.257 e. The number of fused-ring (bicyclic) bond motifs is 1.